The quantitative estimate of drug-likeness (QED) is 0.702. The van der Waals surface area contributed by atoms with E-state index in [9.17, 15) is 4.79 Å². The molecule has 0 radical (unpaired) electrons. The van der Waals surface area contributed by atoms with Gasteiger partial charge in [0.25, 0.3) is 0 Å². The van der Waals surface area contributed by atoms with Gasteiger partial charge in [-0.05, 0) is 6.07 Å². The number of carboxylic acid groups (broad SMARTS) is 1. The van der Waals surface area contributed by atoms with Crippen LogP contribution in [-0.4, -0.2) is 36.3 Å². The summed E-state index contributed by atoms with van der Waals surface area (Å²) in [4.78, 5) is 23.6. The molecule has 0 saturated heterocycles. The molecule has 3 aromatic rings. The molecule has 0 fully saturated rings. The molecule has 0 aromatic carbocycles. The van der Waals surface area contributed by atoms with E-state index in [4.69, 9.17) is 5.11 Å². The number of thioether (sulfide) groups is 1. The zero-order valence-corrected chi connectivity index (χ0v) is 12.6. The van der Waals surface area contributed by atoms with Crippen LogP contribution in [0.2, 0.25) is 0 Å². The van der Waals surface area contributed by atoms with Crippen LogP contribution in [0.1, 0.15) is 5.01 Å². The standard InChI is InChI=1S/C13H12N4O2S2/c18-12(19)8-21-13-16-9-7-14-3-1-10(9)17(13)5-2-11-15-4-6-20-11/h1,3-4,6-7H,2,5,8H2,(H,18,19). The van der Waals surface area contributed by atoms with Gasteiger partial charge in [-0.3, -0.25) is 9.78 Å². The molecule has 0 spiro atoms. The number of carbonyl (C=O) groups is 1. The Kier molecular flexibility index (Phi) is 4.16. The van der Waals surface area contributed by atoms with Crippen molar-refractivity contribution in [3.05, 3.63) is 35.0 Å². The molecule has 6 nitrogen and oxygen atoms in total. The van der Waals surface area contributed by atoms with E-state index in [1.54, 1.807) is 29.9 Å². The van der Waals surface area contributed by atoms with Crippen molar-refractivity contribution < 1.29 is 9.90 Å². The van der Waals surface area contributed by atoms with E-state index in [0.29, 0.717) is 5.16 Å². The van der Waals surface area contributed by atoms with E-state index in [1.807, 2.05) is 16.0 Å². The van der Waals surface area contributed by atoms with Gasteiger partial charge in [-0.1, -0.05) is 11.8 Å². The highest BCUT2D eigenvalue weighted by atomic mass is 32.2. The summed E-state index contributed by atoms with van der Waals surface area (Å²) >= 11 is 2.84. The largest absolute Gasteiger partial charge is 0.481 e. The first-order valence-corrected chi connectivity index (χ1v) is 8.14. The highest BCUT2D eigenvalue weighted by Gasteiger charge is 2.13. The lowest BCUT2D eigenvalue weighted by Gasteiger charge is -2.06. The van der Waals surface area contributed by atoms with Crippen LogP contribution in [-0.2, 0) is 17.8 Å². The lowest BCUT2D eigenvalue weighted by molar-refractivity contribution is -0.133. The number of fused-ring (bicyclic) bond motifs is 1. The highest BCUT2D eigenvalue weighted by molar-refractivity contribution is 7.99. The summed E-state index contributed by atoms with van der Waals surface area (Å²) in [5.41, 5.74) is 1.75. The van der Waals surface area contributed by atoms with Crippen LogP contribution < -0.4 is 0 Å². The molecule has 0 saturated carbocycles. The third kappa shape index (κ3) is 3.22. The fourth-order valence-electron chi connectivity index (χ4n) is 2.00. The molecule has 1 N–H and O–H groups in total. The summed E-state index contributed by atoms with van der Waals surface area (Å²) < 4.78 is 2.03. The van der Waals surface area contributed by atoms with Gasteiger partial charge in [0.2, 0.25) is 0 Å². The average Bonchev–Trinajstić information content (AvgIpc) is 3.10. The molecule has 0 atom stereocenters. The lowest BCUT2D eigenvalue weighted by Crippen LogP contribution is -2.05. The highest BCUT2D eigenvalue weighted by Crippen LogP contribution is 2.24. The number of pyridine rings is 1. The van der Waals surface area contributed by atoms with Gasteiger partial charge in [-0.25, -0.2) is 9.97 Å². The Balaban J connectivity index is 1.89. The number of carboxylic acids is 1. The summed E-state index contributed by atoms with van der Waals surface area (Å²) in [6, 6.07) is 1.90. The first kappa shape index (κ1) is 14.0. The maximum absolute atomic E-state index is 10.8. The number of imidazole rings is 1. The SMILES string of the molecule is O=C(O)CSc1nc2cnccc2n1CCc1nccs1. The number of thiazole rings is 1. The third-order valence-corrected chi connectivity index (χ3v) is 4.67. The molecule has 0 aliphatic carbocycles. The second kappa shape index (κ2) is 6.23. The Morgan fingerprint density at radius 3 is 3.10 bits per heavy atom. The molecule has 0 amide bonds. The topological polar surface area (TPSA) is 80.9 Å². The van der Waals surface area contributed by atoms with Crippen molar-refractivity contribution in [2.75, 3.05) is 5.75 Å². The molecule has 108 valence electrons. The Hall–Kier alpha value is -1.93. The summed E-state index contributed by atoms with van der Waals surface area (Å²) in [6.07, 6.45) is 6.00. The second-order valence-electron chi connectivity index (χ2n) is 4.27. The Bertz CT molecular complexity index is 755. The molecule has 3 heterocycles. The van der Waals surface area contributed by atoms with Gasteiger partial charge in [0.15, 0.2) is 5.16 Å². The van der Waals surface area contributed by atoms with Crippen molar-refractivity contribution in [2.24, 2.45) is 0 Å². The summed E-state index contributed by atoms with van der Waals surface area (Å²) in [5.74, 6) is -0.856. The lowest BCUT2D eigenvalue weighted by atomic mass is 10.4. The molecule has 21 heavy (non-hydrogen) atoms. The zero-order chi connectivity index (χ0) is 14.7. The first-order valence-electron chi connectivity index (χ1n) is 6.27. The minimum absolute atomic E-state index is 0.00595. The molecule has 3 rings (SSSR count). The Labute approximate surface area is 128 Å². The molecular weight excluding hydrogens is 308 g/mol. The first-order chi connectivity index (χ1) is 10.2. The number of hydrogen-bond donors (Lipinski definition) is 1. The molecule has 8 heteroatoms. The van der Waals surface area contributed by atoms with Crippen molar-refractivity contribution in [2.45, 2.75) is 18.1 Å². The van der Waals surface area contributed by atoms with Crippen molar-refractivity contribution in [3.8, 4) is 0 Å². The Morgan fingerprint density at radius 2 is 2.33 bits per heavy atom. The maximum Gasteiger partial charge on any atom is 0.313 e. The normalized spacial score (nSPS) is 11.0. The zero-order valence-electron chi connectivity index (χ0n) is 11.0. The van der Waals surface area contributed by atoms with Crippen LogP contribution in [0, 0.1) is 0 Å². The van der Waals surface area contributed by atoms with Gasteiger partial charge in [-0.2, -0.15) is 0 Å². The van der Waals surface area contributed by atoms with E-state index in [0.717, 1.165) is 29.0 Å². The van der Waals surface area contributed by atoms with Gasteiger partial charge in [0.1, 0.15) is 5.52 Å². The molecule has 3 aromatic heterocycles. The fourth-order valence-corrected chi connectivity index (χ4v) is 3.37. The van der Waals surface area contributed by atoms with Crippen molar-refractivity contribution in [3.63, 3.8) is 0 Å². The molecular formula is C13H12N4O2S2. The van der Waals surface area contributed by atoms with Gasteiger partial charge in [0, 0.05) is 30.7 Å². The van der Waals surface area contributed by atoms with Crippen LogP contribution in [0.3, 0.4) is 0 Å². The van der Waals surface area contributed by atoms with Crippen LogP contribution in [0.5, 0.6) is 0 Å². The van der Waals surface area contributed by atoms with Gasteiger partial charge >= 0.3 is 5.97 Å². The summed E-state index contributed by atoms with van der Waals surface area (Å²) in [5, 5.41) is 12.6. The van der Waals surface area contributed by atoms with E-state index in [-0.39, 0.29) is 5.75 Å². The van der Waals surface area contributed by atoms with Crippen LogP contribution >= 0.6 is 23.1 Å². The number of aromatic nitrogens is 4. The number of aryl methyl sites for hydroxylation is 2. The van der Waals surface area contributed by atoms with E-state index in [1.165, 1.54) is 11.8 Å². The Morgan fingerprint density at radius 1 is 1.43 bits per heavy atom. The third-order valence-electron chi connectivity index (χ3n) is 2.87. The van der Waals surface area contributed by atoms with Crippen LogP contribution in [0.15, 0.2) is 35.2 Å². The molecule has 0 aliphatic heterocycles. The molecule has 0 unspecified atom stereocenters. The average molecular weight is 320 g/mol. The van der Waals surface area contributed by atoms with E-state index in [2.05, 4.69) is 15.0 Å². The van der Waals surface area contributed by atoms with Gasteiger partial charge in [0.05, 0.1) is 22.5 Å². The van der Waals surface area contributed by atoms with Gasteiger partial charge < -0.3 is 9.67 Å². The minimum Gasteiger partial charge on any atom is -0.481 e. The van der Waals surface area contributed by atoms with Crippen molar-refractivity contribution in [1.29, 1.82) is 0 Å². The number of rotatable bonds is 6. The van der Waals surface area contributed by atoms with Crippen molar-refractivity contribution >= 4 is 40.1 Å². The minimum atomic E-state index is -0.850. The predicted octanol–water partition coefficient (Wildman–Crippen LogP) is 2.31. The predicted molar refractivity (Wildman–Crippen MR) is 81.7 cm³/mol. The number of nitrogens with zero attached hydrogens (tertiary/aromatic N) is 4. The number of aliphatic carboxylic acids is 1. The fraction of sp³-hybridized carbons (Fsp3) is 0.231. The summed E-state index contributed by atoms with van der Waals surface area (Å²) in [6.45, 7) is 0.718. The van der Waals surface area contributed by atoms with Crippen molar-refractivity contribution in [1.82, 2.24) is 19.5 Å². The van der Waals surface area contributed by atoms with Gasteiger partial charge in [-0.15, -0.1) is 11.3 Å². The van der Waals surface area contributed by atoms with E-state index < -0.39 is 5.97 Å². The monoisotopic (exact) mass is 320 g/mol. The van der Waals surface area contributed by atoms with Crippen LogP contribution in [0.25, 0.3) is 11.0 Å². The number of hydrogen-bond acceptors (Lipinski definition) is 6. The second-order valence-corrected chi connectivity index (χ2v) is 6.19. The maximum atomic E-state index is 10.8. The van der Waals surface area contributed by atoms with Crippen LogP contribution in [0.4, 0.5) is 0 Å². The molecule has 0 aliphatic rings. The van der Waals surface area contributed by atoms with E-state index >= 15 is 0 Å². The summed E-state index contributed by atoms with van der Waals surface area (Å²) in [7, 11) is 0. The smallest absolute Gasteiger partial charge is 0.313 e. The molecule has 0 bridgehead atoms.